The summed E-state index contributed by atoms with van der Waals surface area (Å²) in [5.41, 5.74) is 0. The van der Waals surface area contributed by atoms with E-state index in [0.717, 1.165) is 0 Å². The minimum Gasteiger partial charge on any atom is -0.269 e. The maximum atomic E-state index is 11.5. The maximum absolute atomic E-state index is 11.5. The second kappa shape index (κ2) is 3.88. The van der Waals surface area contributed by atoms with Gasteiger partial charge in [0.1, 0.15) is 0 Å². The molecule has 0 aliphatic rings. The molecular weight excluding hydrogens is 219 g/mol. The molecule has 0 radical (unpaired) electrons. The van der Waals surface area contributed by atoms with E-state index in [-0.39, 0.29) is 4.70 Å². The normalized spacial score (nSPS) is 14.8. The minimum atomic E-state index is -5.94. The molecule has 0 heterocycles. The van der Waals surface area contributed by atoms with E-state index in [9.17, 15) is 35.1 Å². The zero-order valence-electron chi connectivity index (χ0n) is 5.43. The summed E-state index contributed by atoms with van der Waals surface area (Å²) in [6.45, 7) is 0. The Morgan fingerprint density at radius 3 is 0.846 bits per heavy atom. The Morgan fingerprint density at radius 1 is 0.615 bits per heavy atom. The van der Waals surface area contributed by atoms with Gasteiger partial charge in [-0.25, -0.2) is 0 Å². The molecule has 0 fully saturated rings. The second-order valence-corrected chi connectivity index (χ2v) is 1.62. The Balaban J connectivity index is 0. The third-order valence-corrected chi connectivity index (χ3v) is 0.690. The van der Waals surface area contributed by atoms with Crippen LogP contribution in [-0.2, 0) is 0 Å². The van der Waals surface area contributed by atoms with Crippen LogP contribution in [0.1, 0.15) is 0 Å². The highest BCUT2D eigenvalue weighted by Crippen LogP contribution is 2.37. The van der Waals surface area contributed by atoms with Crippen molar-refractivity contribution in [3.05, 3.63) is 11.7 Å². The van der Waals surface area contributed by atoms with Crippen LogP contribution in [-0.4, -0.2) is 12.4 Å². The summed E-state index contributed by atoms with van der Waals surface area (Å²) >= 11 is 0. The maximum Gasteiger partial charge on any atom is 0.445 e. The van der Waals surface area contributed by atoms with Crippen molar-refractivity contribution in [2.45, 2.75) is 12.4 Å². The van der Waals surface area contributed by atoms with Crippen LogP contribution >= 0.6 is 0 Å². The lowest BCUT2D eigenvalue weighted by atomic mass is 10.4. The fraction of sp³-hybridized carbons (Fsp3) is 0.500. The monoisotopic (exact) mass is 220 g/mol. The lowest BCUT2D eigenvalue weighted by Crippen LogP contribution is -2.17. The Kier molecular flexibility index (Phi) is 4.36. The molecule has 0 saturated carbocycles. The molecule has 0 amide bonds. The molecule has 0 unspecified atom stereocenters. The molecule has 0 aromatic heterocycles. The van der Waals surface area contributed by atoms with Gasteiger partial charge in [-0.05, 0) is 0 Å². The highest BCUT2D eigenvalue weighted by Gasteiger charge is 2.47. The summed E-state index contributed by atoms with van der Waals surface area (Å²) in [6.07, 6.45) is -11.9. The Hall–Kier alpha value is -0.890. The summed E-state index contributed by atoms with van der Waals surface area (Å²) in [7, 11) is 0. The molecule has 0 atom stereocenters. The van der Waals surface area contributed by atoms with Gasteiger partial charge in [-0.1, -0.05) is 0 Å². The zero-order chi connectivity index (χ0) is 10.2. The molecule has 0 aliphatic carbocycles. The van der Waals surface area contributed by atoms with Crippen LogP contribution in [0.25, 0.3) is 0 Å². The SMILES string of the molecule is F.F/C(=C(/F)C(F)(F)F)C(F)(F)F. The zero-order valence-corrected chi connectivity index (χ0v) is 5.43. The largest absolute Gasteiger partial charge is 0.445 e. The van der Waals surface area contributed by atoms with Gasteiger partial charge in [0.15, 0.2) is 0 Å². The van der Waals surface area contributed by atoms with Crippen LogP contribution in [0.4, 0.5) is 39.8 Å². The van der Waals surface area contributed by atoms with Crippen LogP contribution in [0, 0.1) is 0 Å². The van der Waals surface area contributed by atoms with Gasteiger partial charge in [0.25, 0.3) is 0 Å². The smallest absolute Gasteiger partial charge is 0.269 e. The van der Waals surface area contributed by atoms with Gasteiger partial charge in [-0.3, -0.25) is 4.70 Å². The van der Waals surface area contributed by atoms with E-state index in [1.807, 2.05) is 0 Å². The molecule has 0 nitrogen and oxygen atoms in total. The van der Waals surface area contributed by atoms with Crippen molar-refractivity contribution < 1.29 is 39.8 Å². The minimum absolute atomic E-state index is 0. The lowest BCUT2D eigenvalue weighted by molar-refractivity contribution is -0.139. The summed E-state index contributed by atoms with van der Waals surface area (Å²) in [6, 6.07) is 0. The standard InChI is InChI=1S/C4F8.FH/c5-1(3(7,8)9)2(6)4(10,11)12;/h;1H/b2-1+;. The van der Waals surface area contributed by atoms with Crippen molar-refractivity contribution in [3.8, 4) is 0 Å². The van der Waals surface area contributed by atoms with Crippen molar-refractivity contribution in [1.82, 2.24) is 0 Å². The average molecular weight is 220 g/mol. The van der Waals surface area contributed by atoms with Crippen LogP contribution in [0.5, 0.6) is 0 Å². The first-order chi connectivity index (χ1) is 5.07. The number of allylic oxidation sites excluding steroid dienone is 2. The summed E-state index contributed by atoms with van der Waals surface area (Å²) < 4.78 is 89.3. The molecule has 0 rings (SSSR count). The van der Waals surface area contributed by atoms with Gasteiger partial charge >= 0.3 is 12.4 Å². The molecule has 80 valence electrons. The third-order valence-electron chi connectivity index (χ3n) is 0.690. The van der Waals surface area contributed by atoms with Gasteiger partial charge in [0.05, 0.1) is 0 Å². The second-order valence-electron chi connectivity index (χ2n) is 1.62. The number of rotatable bonds is 0. The van der Waals surface area contributed by atoms with E-state index >= 15 is 0 Å². The van der Waals surface area contributed by atoms with Gasteiger partial charge < -0.3 is 0 Å². The van der Waals surface area contributed by atoms with E-state index in [2.05, 4.69) is 0 Å². The molecule has 0 aromatic carbocycles. The molecule has 0 saturated heterocycles. The molecule has 0 bridgehead atoms. The first-order valence-electron chi connectivity index (χ1n) is 2.26. The molecule has 9 heteroatoms. The fourth-order valence-electron chi connectivity index (χ4n) is 0.249. The predicted molar refractivity (Wildman–Crippen MR) is 23.9 cm³/mol. The highest BCUT2D eigenvalue weighted by atomic mass is 19.4. The van der Waals surface area contributed by atoms with Gasteiger partial charge in [-0.15, -0.1) is 0 Å². The highest BCUT2D eigenvalue weighted by molar-refractivity contribution is 5.10. The van der Waals surface area contributed by atoms with Crippen LogP contribution in [0.2, 0.25) is 0 Å². The van der Waals surface area contributed by atoms with E-state index in [1.54, 1.807) is 0 Å². The topological polar surface area (TPSA) is 0 Å². The average Bonchev–Trinajstić information content (AvgIpc) is 1.80. The molecule has 0 N–H and O–H groups in total. The van der Waals surface area contributed by atoms with Crippen molar-refractivity contribution in [2.24, 2.45) is 0 Å². The van der Waals surface area contributed by atoms with Crippen molar-refractivity contribution >= 4 is 0 Å². The van der Waals surface area contributed by atoms with Gasteiger partial charge in [0, 0.05) is 0 Å². The van der Waals surface area contributed by atoms with Crippen LogP contribution < -0.4 is 0 Å². The number of alkyl halides is 6. The lowest BCUT2D eigenvalue weighted by Gasteiger charge is -2.07. The summed E-state index contributed by atoms with van der Waals surface area (Å²) in [4.78, 5) is 0. The quantitative estimate of drug-likeness (QED) is 0.548. The van der Waals surface area contributed by atoms with Crippen LogP contribution in [0.3, 0.4) is 0 Å². The molecule has 0 spiro atoms. The number of halogens is 9. The predicted octanol–water partition coefficient (Wildman–Crippen LogP) is 3.41. The van der Waals surface area contributed by atoms with E-state index < -0.39 is 24.0 Å². The van der Waals surface area contributed by atoms with Crippen LogP contribution in [0.15, 0.2) is 11.7 Å². The third kappa shape index (κ3) is 4.04. The Bertz CT molecular complexity index is 171. The Morgan fingerprint density at radius 2 is 0.769 bits per heavy atom. The first kappa shape index (κ1) is 14.6. The van der Waals surface area contributed by atoms with E-state index in [0.29, 0.717) is 0 Å². The summed E-state index contributed by atoms with van der Waals surface area (Å²) in [5, 5.41) is 0. The van der Waals surface area contributed by atoms with Gasteiger partial charge in [0.2, 0.25) is 11.7 Å². The first-order valence-corrected chi connectivity index (χ1v) is 2.26. The van der Waals surface area contributed by atoms with Crippen molar-refractivity contribution in [3.63, 3.8) is 0 Å². The number of hydrogen-bond donors (Lipinski definition) is 0. The molecule has 13 heavy (non-hydrogen) atoms. The summed E-state index contributed by atoms with van der Waals surface area (Å²) in [5.74, 6) is -7.54. The van der Waals surface area contributed by atoms with Crippen molar-refractivity contribution in [1.29, 1.82) is 0 Å². The molecular formula is C4HF9. The van der Waals surface area contributed by atoms with E-state index in [4.69, 9.17) is 0 Å². The van der Waals surface area contributed by atoms with Gasteiger partial charge in [-0.2, -0.15) is 35.1 Å². The molecule has 0 aliphatic heterocycles. The van der Waals surface area contributed by atoms with E-state index in [1.165, 1.54) is 0 Å². The van der Waals surface area contributed by atoms with Crippen molar-refractivity contribution in [2.75, 3.05) is 0 Å². The Labute approximate surface area is 65.2 Å². The number of hydrogen-bond acceptors (Lipinski definition) is 0. The molecule has 0 aromatic rings. The fourth-order valence-corrected chi connectivity index (χ4v) is 0.249.